The molecule has 1 amide bonds. The van der Waals surface area contributed by atoms with Gasteiger partial charge in [-0.15, -0.1) is 0 Å². The van der Waals surface area contributed by atoms with Gasteiger partial charge >= 0.3 is 0 Å². The van der Waals surface area contributed by atoms with Crippen LogP contribution < -0.4 is 10.2 Å². The zero-order valence-corrected chi connectivity index (χ0v) is 14.8. The number of nitrogens with one attached hydrogen (secondary N) is 1. The summed E-state index contributed by atoms with van der Waals surface area (Å²) in [7, 11) is 0. The number of carbonyl (C=O) groups is 1. The van der Waals surface area contributed by atoms with Gasteiger partial charge in [-0.25, -0.2) is 4.98 Å². The molecule has 3 aromatic rings. The summed E-state index contributed by atoms with van der Waals surface area (Å²) < 4.78 is 1.25. The first kappa shape index (κ1) is 16.1. The van der Waals surface area contributed by atoms with Crippen LogP contribution in [0, 0.1) is 5.92 Å². The largest absolute Gasteiger partial charge is 0.352 e. The van der Waals surface area contributed by atoms with Crippen LogP contribution in [0.1, 0.15) is 23.2 Å². The summed E-state index contributed by atoms with van der Waals surface area (Å²) in [5.41, 5.74) is 1.81. The van der Waals surface area contributed by atoms with Crippen LogP contribution in [0.3, 0.4) is 0 Å². The molecule has 1 aliphatic rings. The maximum absolute atomic E-state index is 12.1. The molecule has 1 saturated heterocycles. The van der Waals surface area contributed by atoms with Gasteiger partial charge in [0.1, 0.15) is 0 Å². The van der Waals surface area contributed by atoms with Crippen LogP contribution in [0.25, 0.3) is 10.2 Å². The number of amides is 1. The molecular weight excluding hydrogens is 330 g/mol. The van der Waals surface area contributed by atoms with Crippen molar-refractivity contribution >= 4 is 32.6 Å². The van der Waals surface area contributed by atoms with Gasteiger partial charge in [0.05, 0.1) is 10.2 Å². The van der Waals surface area contributed by atoms with Gasteiger partial charge in [0.15, 0.2) is 5.13 Å². The number of hydrogen-bond donors (Lipinski definition) is 1. The van der Waals surface area contributed by atoms with Crippen molar-refractivity contribution in [3.05, 3.63) is 60.2 Å². The van der Waals surface area contributed by atoms with Gasteiger partial charge in [-0.3, -0.25) is 4.79 Å². The standard InChI is InChI=1S/C20H21N3OS/c24-19(16-6-2-1-3-7-16)21-14-15-10-12-23(13-11-15)20-22-17-8-4-5-9-18(17)25-20/h1-9,15H,10-14H2,(H,21,24). The summed E-state index contributed by atoms with van der Waals surface area (Å²) >= 11 is 1.77. The fourth-order valence-corrected chi connectivity index (χ4v) is 4.27. The second-order valence-corrected chi connectivity index (χ2v) is 7.48. The molecular formula is C20H21N3OS. The molecule has 0 bridgehead atoms. The Kier molecular flexibility index (Phi) is 4.65. The number of anilines is 1. The van der Waals surface area contributed by atoms with Crippen molar-refractivity contribution < 1.29 is 4.79 Å². The number of aromatic nitrogens is 1. The van der Waals surface area contributed by atoms with E-state index < -0.39 is 0 Å². The van der Waals surface area contributed by atoms with Crippen molar-refractivity contribution in [1.29, 1.82) is 0 Å². The zero-order chi connectivity index (χ0) is 17.1. The number of nitrogens with zero attached hydrogens (tertiary/aromatic N) is 2. The quantitative estimate of drug-likeness (QED) is 0.774. The second-order valence-electron chi connectivity index (χ2n) is 6.47. The van der Waals surface area contributed by atoms with E-state index in [4.69, 9.17) is 4.98 Å². The predicted octanol–water partition coefficient (Wildman–Crippen LogP) is 3.94. The number of rotatable bonds is 4. The van der Waals surface area contributed by atoms with E-state index in [1.165, 1.54) is 4.70 Å². The minimum atomic E-state index is 0.0224. The van der Waals surface area contributed by atoms with Gasteiger partial charge in [-0.2, -0.15) is 0 Å². The van der Waals surface area contributed by atoms with E-state index >= 15 is 0 Å². The van der Waals surface area contributed by atoms with Crippen LogP contribution in [0.4, 0.5) is 5.13 Å². The first-order valence-electron chi connectivity index (χ1n) is 8.73. The molecule has 1 N–H and O–H groups in total. The zero-order valence-electron chi connectivity index (χ0n) is 14.0. The van der Waals surface area contributed by atoms with E-state index in [0.29, 0.717) is 5.92 Å². The SMILES string of the molecule is O=C(NCC1CCN(c2nc3ccccc3s2)CC1)c1ccccc1. The number of hydrogen-bond acceptors (Lipinski definition) is 4. The summed E-state index contributed by atoms with van der Waals surface area (Å²) in [5, 5.41) is 4.19. The normalized spacial score (nSPS) is 15.4. The molecule has 128 valence electrons. The van der Waals surface area contributed by atoms with Crippen LogP contribution >= 0.6 is 11.3 Å². The minimum absolute atomic E-state index is 0.0224. The fourth-order valence-electron chi connectivity index (χ4n) is 3.25. The smallest absolute Gasteiger partial charge is 0.251 e. The first-order valence-corrected chi connectivity index (χ1v) is 9.55. The van der Waals surface area contributed by atoms with Gasteiger partial charge in [-0.05, 0) is 43.0 Å². The average Bonchev–Trinajstić information content (AvgIpc) is 3.11. The summed E-state index contributed by atoms with van der Waals surface area (Å²) in [6.07, 6.45) is 2.18. The monoisotopic (exact) mass is 351 g/mol. The minimum Gasteiger partial charge on any atom is -0.352 e. The molecule has 0 radical (unpaired) electrons. The Morgan fingerprint density at radius 2 is 1.80 bits per heavy atom. The number of para-hydroxylation sites is 1. The summed E-state index contributed by atoms with van der Waals surface area (Å²) in [5.74, 6) is 0.562. The molecule has 25 heavy (non-hydrogen) atoms. The lowest BCUT2D eigenvalue weighted by molar-refractivity contribution is 0.0945. The van der Waals surface area contributed by atoms with Crippen LogP contribution in [0.2, 0.25) is 0 Å². The summed E-state index contributed by atoms with van der Waals surface area (Å²) in [6, 6.07) is 17.7. The molecule has 0 unspecified atom stereocenters. The number of carbonyl (C=O) groups excluding carboxylic acids is 1. The van der Waals surface area contributed by atoms with E-state index in [1.807, 2.05) is 36.4 Å². The maximum atomic E-state index is 12.1. The van der Waals surface area contributed by atoms with Gasteiger partial charge in [0.25, 0.3) is 5.91 Å². The van der Waals surface area contributed by atoms with E-state index in [9.17, 15) is 4.79 Å². The lowest BCUT2D eigenvalue weighted by Gasteiger charge is -2.31. The van der Waals surface area contributed by atoms with Gasteiger partial charge < -0.3 is 10.2 Å². The third kappa shape index (κ3) is 3.66. The second kappa shape index (κ2) is 7.23. The predicted molar refractivity (Wildman–Crippen MR) is 103 cm³/mol. The van der Waals surface area contributed by atoms with Crippen LogP contribution in [-0.2, 0) is 0 Å². The van der Waals surface area contributed by atoms with Crippen LogP contribution in [-0.4, -0.2) is 30.5 Å². The third-order valence-electron chi connectivity index (χ3n) is 4.75. The van der Waals surface area contributed by atoms with Crippen molar-refractivity contribution in [3.8, 4) is 0 Å². The molecule has 5 heteroatoms. The molecule has 1 aliphatic heterocycles. The Morgan fingerprint density at radius 1 is 1.08 bits per heavy atom. The molecule has 4 rings (SSSR count). The Morgan fingerprint density at radius 3 is 2.56 bits per heavy atom. The Hall–Kier alpha value is -2.40. The van der Waals surface area contributed by atoms with Crippen molar-refractivity contribution in [3.63, 3.8) is 0 Å². The fraction of sp³-hybridized carbons (Fsp3) is 0.300. The highest BCUT2D eigenvalue weighted by Crippen LogP contribution is 2.31. The summed E-state index contributed by atoms with van der Waals surface area (Å²) in [4.78, 5) is 19.3. The van der Waals surface area contributed by atoms with Gasteiger partial charge in [-0.1, -0.05) is 41.7 Å². The third-order valence-corrected chi connectivity index (χ3v) is 5.85. The number of fused-ring (bicyclic) bond motifs is 1. The lowest BCUT2D eigenvalue weighted by atomic mass is 9.97. The van der Waals surface area contributed by atoms with Crippen molar-refractivity contribution in [2.75, 3.05) is 24.5 Å². The molecule has 1 aromatic heterocycles. The van der Waals surface area contributed by atoms with Crippen molar-refractivity contribution in [1.82, 2.24) is 10.3 Å². The molecule has 0 aliphatic carbocycles. The Balaban J connectivity index is 1.30. The molecule has 0 atom stereocenters. The maximum Gasteiger partial charge on any atom is 0.251 e. The van der Waals surface area contributed by atoms with E-state index in [-0.39, 0.29) is 5.91 Å². The number of piperidine rings is 1. The van der Waals surface area contributed by atoms with Crippen LogP contribution in [0.5, 0.6) is 0 Å². The summed E-state index contributed by atoms with van der Waals surface area (Å²) in [6.45, 7) is 2.76. The molecule has 2 heterocycles. The molecule has 2 aromatic carbocycles. The van der Waals surface area contributed by atoms with E-state index in [0.717, 1.165) is 48.7 Å². The van der Waals surface area contributed by atoms with E-state index in [1.54, 1.807) is 11.3 Å². The Bertz CT molecular complexity index is 821. The van der Waals surface area contributed by atoms with Crippen molar-refractivity contribution in [2.45, 2.75) is 12.8 Å². The highest BCUT2D eigenvalue weighted by atomic mass is 32.1. The Labute approximate surface area is 151 Å². The van der Waals surface area contributed by atoms with Gasteiger partial charge in [0, 0.05) is 25.2 Å². The average molecular weight is 351 g/mol. The molecule has 4 nitrogen and oxygen atoms in total. The molecule has 1 fully saturated rings. The first-order chi connectivity index (χ1) is 12.3. The molecule has 0 spiro atoms. The number of benzene rings is 2. The lowest BCUT2D eigenvalue weighted by Crippen LogP contribution is -2.38. The number of thiazole rings is 1. The highest BCUT2D eigenvalue weighted by molar-refractivity contribution is 7.22. The molecule has 0 saturated carbocycles. The van der Waals surface area contributed by atoms with Gasteiger partial charge in [0.2, 0.25) is 0 Å². The van der Waals surface area contributed by atoms with Crippen LogP contribution in [0.15, 0.2) is 54.6 Å². The van der Waals surface area contributed by atoms with Crippen molar-refractivity contribution in [2.24, 2.45) is 5.92 Å². The topological polar surface area (TPSA) is 45.2 Å². The highest BCUT2D eigenvalue weighted by Gasteiger charge is 2.22. The van der Waals surface area contributed by atoms with E-state index in [2.05, 4.69) is 28.4 Å².